The number of rotatable bonds is 6. The third-order valence-corrected chi connectivity index (χ3v) is 5.66. The lowest BCUT2D eigenvalue weighted by atomic mass is 9.97. The van der Waals surface area contributed by atoms with Crippen LogP contribution in [-0.2, 0) is 10.0 Å². The minimum Gasteiger partial charge on any atom is -0.313 e. The maximum Gasteiger partial charge on any atom is 0.215 e. The molecule has 4 nitrogen and oxygen atoms in total. The van der Waals surface area contributed by atoms with E-state index < -0.39 is 10.0 Å². The Morgan fingerprint density at radius 3 is 2.71 bits per heavy atom. The van der Waals surface area contributed by atoms with E-state index in [0.717, 1.165) is 25.9 Å². The third-order valence-electron chi connectivity index (χ3n) is 3.82. The Morgan fingerprint density at radius 2 is 2.06 bits per heavy atom. The molecule has 0 radical (unpaired) electrons. The lowest BCUT2D eigenvalue weighted by Gasteiger charge is -2.31. The quantitative estimate of drug-likeness (QED) is 0.780. The Bertz CT molecular complexity index is 338. The number of hydrogen-bond acceptors (Lipinski definition) is 3. The third kappa shape index (κ3) is 3.93. The lowest BCUT2D eigenvalue weighted by Crippen LogP contribution is -2.42. The van der Waals surface area contributed by atoms with E-state index in [0.29, 0.717) is 18.5 Å². The minimum absolute atomic E-state index is 0.264. The molecule has 1 atom stereocenters. The van der Waals surface area contributed by atoms with E-state index in [1.54, 1.807) is 4.31 Å². The minimum atomic E-state index is -3.02. The Morgan fingerprint density at radius 1 is 1.29 bits per heavy atom. The fraction of sp³-hybridized carbons (Fsp3) is 1.00. The average Bonchev–Trinajstić information content (AvgIpc) is 3.13. The Balaban J connectivity index is 1.80. The van der Waals surface area contributed by atoms with Crippen molar-refractivity contribution in [3.63, 3.8) is 0 Å². The summed E-state index contributed by atoms with van der Waals surface area (Å²) in [5, 5.41) is 3.27. The lowest BCUT2D eigenvalue weighted by molar-refractivity contribution is 0.261. The molecule has 1 aliphatic heterocycles. The van der Waals surface area contributed by atoms with E-state index in [1.165, 1.54) is 19.3 Å². The normalized spacial score (nSPS) is 27.2. The van der Waals surface area contributed by atoms with Crippen molar-refractivity contribution < 1.29 is 8.42 Å². The van der Waals surface area contributed by atoms with Crippen LogP contribution in [0.5, 0.6) is 0 Å². The summed E-state index contributed by atoms with van der Waals surface area (Å²) in [6.45, 7) is 4.22. The highest BCUT2D eigenvalue weighted by Gasteiger charge is 2.28. The zero-order valence-corrected chi connectivity index (χ0v) is 11.5. The van der Waals surface area contributed by atoms with E-state index in [2.05, 4.69) is 12.2 Å². The zero-order chi connectivity index (χ0) is 12.3. The standard InChI is InChI=1S/C12H24N2O2S/c1-2-11-4-3-8-14(10-11)17(15,16)9-7-13-12-5-6-12/h11-13H,2-10H2,1H3. The van der Waals surface area contributed by atoms with Gasteiger partial charge in [-0.3, -0.25) is 0 Å². The van der Waals surface area contributed by atoms with Gasteiger partial charge in [-0.05, 0) is 31.6 Å². The molecule has 0 bridgehead atoms. The molecule has 1 aliphatic carbocycles. The summed E-state index contributed by atoms with van der Waals surface area (Å²) in [5.74, 6) is 0.829. The summed E-state index contributed by atoms with van der Waals surface area (Å²) in [6.07, 6.45) is 5.71. The molecule has 1 saturated heterocycles. The first kappa shape index (κ1) is 13.3. The maximum atomic E-state index is 12.1. The molecular weight excluding hydrogens is 236 g/mol. The van der Waals surface area contributed by atoms with Crippen LogP contribution < -0.4 is 5.32 Å². The van der Waals surface area contributed by atoms with Gasteiger partial charge in [-0.1, -0.05) is 13.3 Å². The van der Waals surface area contributed by atoms with Crippen LogP contribution in [0, 0.1) is 5.92 Å². The number of nitrogens with zero attached hydrogens (tertiary/aromatic N) is 1. The molecule has 0 aromatic carbocycles. The van der Waals surface area contributed by atoms with E-state index >= 15 is 0 Å². The predicted octanol–water partition coefficient (Wildman–Crippen LogP) is 1.19. The summed E-state index contributed by atoms with van der Waals surface area (Å²) in [7, 11) is -3.02. The van der Waals surface area contributed by atoms with Gasteiger partial charge in [0.2, 0.25) is 10.0 Å². The van der Waals surface area contributed by atoms with Crippen LogP contribution >= 0.6 is 0 Å². The summed E-state index contributed by atoms with van der Waals surface area (Å²) in [6, 6.07) is 0.593. The molecule has 0 aromatic heterocycles. The smallest absolute Gasteiger partial charge is 0.215 e. The summed E-state index contributed by atoms with van der Waals surface area (Å²) >= 11 is 0. The van der Waals surface area contributed by atoms with Crippen molar-refractivity contribution in [2.24, 2.45) is 5.92 Å². The molecule has 2 aliphatic rings. The average molecular weight is 260 g/mol. The fourth-order valence-electron chi connectivity index (χ4n) is 2.42. The topological polar surface area (TPSA) is 49.4 Å². The van der Waals surface area contributed by atoms with Crippen molar-refractivity contribution in [2.45, 2.75) is 45.1 Å². The summed E-state index contributed by atoms with van der Waals surface area (Å²) in [4.78, 5) is 0. The largest absolute Gasteiger partial charge is 0.313 e. The van der Waals surface area contributed by atoms with Crippen molar-refractivity contribution >= 4 is 10.0 Å². The Kier molecular flexibility index (Phi) is 4.44. The van der Waals surface area contributed by atoms with Gasteiger partial charge in [0.1, 0.15) is 0 Å². The molecular formula is C12H24N2O2S. The summed E-state index contributed by atoms with van der Waals surface area (Å²) in [5.41, 5.74) is 0. The van der Waals surface area contributed by atoms with E-state index in [9.17, 15) is 8.42 Å². The van der Waals surface area contributed by atoms with Gasteiger partial charge in [0, 0.05) is 25.7 Å². The molecule has 0 aromatic rings. The van der Waals surface area contributed by atoms with Crippen LogP contribution in [-0.4, -0.2) is 44.2 Å². The number of piperidine rings is 1. The van der Waals surface area contributed by atoms with E-state index in [1.807, 2.05) is 0 Å². The van der Waals surface area contributed by atoms with Gasteiger partial charge in [-0.2, -0.15) is 0 Å². The maximum absolute atomic E-state index is 12.1. The van der Waals surface area contributed by atoms with Crippen molar-refractivity contribution in [3.05, 3.63) is 0 Å². The van der Waals surface area contributed by atoms with Crippen molar-refractivity contribution in [2.75, 3.05) is 25.4 Å². The van der Waals surface area contributed by atoms with Crippen LogP contribution in [0.3, 0.4) is 0 Å². The second kappa shape index (κ2) is 5.67. The molecule has 1 saturated carbocycles. The van der Waals surface area contributed by atoms with Crippen LogP contribution in [0.2, 0.25) is 0 Å². The molecule has 17 heavy (non-hydrogen) atoms. The highest BCUT2D eigenvalue weighted by Crippen LogP contribution is 2.22. The first-order valence-electron chi connectivity index (χ1n) is 6.83. The fourth-order valence-corrected chi connectivity index (χ4v) is 3.90. The van der Waals surface area contributed by atoms with Gasteiger partial charge in [0.05, 0.1) is 5.75 Å². The zero-order valence-electron chi connectivity index (χ0n) is 10.7. The molecule has 2 rings (SSSR count). The highest BCUT2D eigenvalue weighted by molar-refractivity contribution is 7.89. The van der Waals surface area contributed by atoms with Gasteiger partial charge in [-0.15, -0.1) is 0 Å². The summed E-state index contributed by atoms with van der Waals surface area (Å²) < 4.78 is 26.0. The predicted molar refractivity (Wildman–Crippen MR) is 69.4 cm³/mol. The van der Waals surface area contributed by atoms with E-state index in [-0.39, 0.29) is 5.75 Å². The molecule has 0 spiro atoms. The van der Waals surface area contributed by atoms with Crippen LogP contribution in [0.15, 0.2) is 0 Å². The van der Waals surface area contributed by atoms with E-state index in [4.69, 9.17) is 0 Å². The molecule has 1 unspecified atom stereocenters. The Hall–Kier alpha value is -0.130. The van der Waals surface area contributed by atoms with Crippen LogP contribution in [0.4, 0.5) is 0 Å². The van der Waals surface area contributed by atoms with Crippen LogP contribution in [0.25, 0.3) is 0 Å². The monoisotopic (exact) mass is 260 g/mol. The molecule has 1 heterocycles. The van der Waals surface area contributed by atoms with Gasteiger partial charge in [0.15, 0.2) is 0 Å². The number of sulfonamides is 1. The first-order chi connectivity index (χ1) is 8.12. The molecule has 5 heteroatoms. The molecule has 100 valence electrons. The van der Waals surface area contributed by atoms with Gasteiger partial charge in [0.25, 0.3) is 0 Å². The molecule has 0 amide bonds. The van der Waals surface area contributed by atoms with Gasteiger partial charge in [-0.25, -0.2) is 12.7 Å². The van der Waals surface area contributed by atoms with Crippen LogP contribution in [0.1, 0.15) is 39.0 Å². The van der Waals surface area contributed by atoms with Crippen molar-refractivity contribution in [3.8, 4) is 0 Å². The first-order valence-corrected chi connectivity index (χ1v) is 8.44. The second-order valence-corrected chi connectivity index (χ2v) is 7.41. The Labute approximate surface area is 105 Å². The van der Waals surface area contributed by atoms with Gasteiger partial charge >= 0.3 is 0 Å². The number of hydrogen-bond donors (Lipinski definition) is 1. The molecule has 2 fully saturated rings. The van der Waals surface area contributed by atoms with Crippen molar-refractivity contribution in [1.82, 2.24) is 9.62 Å². The SMILES string of the molecule is CCC1CCCN(S(=O)(=O)CCNC2CC2)C1. The second-order valence-electron chi connectivity index (χ2n) is 5.32. The molecule has 1 N–H and O–H groups in total. The van der Waals surface area contributed by atoms with Crippen molar-refractivity contribution in [1.29, 1.82) is 0 Å². The van der Waals surface area contributed by atoms with Gasteiger partial charge < -0.3 is 5.32 Å². The number of nitrogens with one attached hydrogen (secondary N) is 1. The highest BCUT2D eigenvalue weighted by atomic mass is 32.2.